The Hall–Kier alpha value is -2.15. The summed E-state index contributed by atoms with van der Waals surface area (Å²) in [6.45, 7) is 2.08. The molecule has 1 saturated heterocycles. The molecule has 0 bridgehead atoms. The number of hydrogen-bond acceptors (Lipinski definition) is 4. The second-order valence-corrected chi connectivity index (χ2v) is 7.87. The lowest BCUT2D eigenvalue weighted by Gasteiger charge is -2.28. The number of phenols is 1. The molecule has 2 atom stereocenters. The van der Waals surface area contributed by atoms with E-state index in [-0.39, 0.29) is 17.8 Å². The van der Waals surface area contributed by atoms with Crippen LogP contribution in [-0.2, 0) is 0 Å². The standard InChI is InChI=1S/C19H16ClN3OS2/c1-11-7-9-26-18(11)17-16(13-4-2-3-8-21-13)22-19(25)23(17)14-10-12(20)5-6-15(14)24/h2-10,16-17,24H,1H3,(H,22,25). The molecule has 0 radical (unpaired) electrons. The van der Waals surface area contributed by atoms with Gasteiger partial charge in [-0.1, -0.05) is 17.7 Å². The predicted molar refractivity (Wildman–Crippen MR) is 110 cm³/mol. The third-order valence-corrected chi connectivity index (χ3v) is 6.10. The minimum atomic E-state index is -0.126. The summed E-state index contributed by atoms with van der Waals surface area (Å²) in [7, 11) is 0. The molecule has 1 fully saturated rings. The zero-order valence-electron chi connectivity index (χ0n) is 13.9. The molecule has 1 aromatic carbocycles. The quantitative estimate of drug-likeness (QED) is 0.605. The topological polar surface area (TPSA) is 48.4 Å². The highest BCUT2D eigenvalue weighted by Gasteiger charge is 2.42. The average molecular weight is 402 g/mol. The molecule has 4 rings (SSSR count). The summed E-state index contributed by atoms with van der Waals surface area (Å²) < 4.78 is 0. The van der Waals surface area contributed by atoms with E-state index >= 15 is 0 Å². The zero-order chi connectivity index (χ0) is 18.3. The average Bonchev–Trinajstić information content (AvgIpc) is 3.20. The number of thiophene rings is 1. The molecule has 2 unspecified atom stereocenters. The van der Waals surface area contributed by atoms with Gasteiger partial charge in [-0.25, -0.2) is 0 Å². The highest BCUT2D eigenvalue weighted by molar-refractivity contribution is 7.80. The summed E-state index contributed by atoms with van der Waals surface area (Å²) in [6.07, 6.45) is 1.78. The van der Waals surface area contributed by atoms with Crippen LogP contribution in [0.5, 0.6) is 5.75 Å². The highest BCUT2D eigenvalue weighted by atomic mass is 35.5. The van der Waals surface area contributed by atoms with Crippen molar-refractivity contribution in [3.8, 4) is 5.75 Å². The molecule has 3 heterocycles. The van der Waals surface area contributed by atoms with Crippen LogP contribution in [0.25, 0.3) is 0 Å². The molecule has 0 aliphatic carbocycles. The van der Waals surface area contributed by atoms with Crippen molar-refractivity contribution in [1.82, 2.24) is 10.3 Å². The maximum Gasteiger partial charge on any atom is 0.174 e. The monoisotopic (exact) mass is 401 g/mol. The highest BCUT2D eigenvalue weighted by Crippen LogP contribution is 2.46. The lowest BCUT2D eigenvalue weighted by atomic mass is 10.0. The molecule has 0 amide bonds. The van der Waals surface area contributed by atoms with Gasteiger partial charge in [-0.05, 0) is 66.5 Å². The van der Waals surface area contributed by atoms with E-state index in [1.165, 1.54) is 10.4 Å². The number of rotatable bonds is 3. The minimum absolute atomic E-state index is 0.123. The molecule has 3 aromatic rings. The van der Waals surface area contributed by atoms with Crippen molar-refractivity contribution in [3.05, 3.63) is 75.2 Å². The van der Waals surface area contributed by atoms with Crippen molar-refractivity contribution < 1.29 is 5.11 Å². The Bertz CT molecular complexity index is 960. The van der Waals surface area contributed by atoms with Crippen LogP contribution in [0.2, 0.25) is 5.02 Å². The fourth-order valence-electron chi connectivity index (χ4n) is 3.26. The smallest absolute Gasteiger partial charge is 0.174 e. The van der Waals surface area contributed by atoms with Crippen molar-refractivity contribution >= 4 is 46.0 Å². The van der Waals surface area contributed by atoms with E-state index in [0.717, 1.165) is 5.69 Å². The molecule has 4 nitrogen and oxygen atoms in total. The van der Waals surface area contributed by atoms with Crippen LogP contribution < -0.4 is 10.2 Å². The number of aromatic nitrogens is 1. The maximum atomic E-state index is 10.5. The van der Waals surface area contributed by atoms with Gasteiger partial charge in [-0.3, -0.25) is 4.98 Å². The van der Waals surface area contributed by atoms with Gasteiger partial charge in [0, 0.05) is 16.1 Å². The molecule has 2 N–H and O–H groups in total. The van der Waals surface area contributed by atoms with Crippen LogP contribution in [-0.4, -0.2) is 15.2 Å². The molecular weight excluding hydrogens is 386 g/mol. The van der Waals surface area contributed by atoms with Gasteiger partial charge in [0.15, 0.2) is 5.11 Å². The van der Waals surface area contributed by atoms with Gasteiger partial charge in [0.05, 0.1) is 23.5 Å². The van der Waals surface area contributed by atoms with Crippen LogP contribution in [0.15, 0.2) is 54.0 Å². The number of nitrogens with one attached hydrogen (secondary N) is 1. The fraction of sp³-hybridized carbons (Fsp3) is 0.158. The molecule has 132 valence electrons. The first-order valence-corrected chi connectivity index (χ1v) is 9.76. The number of aromatic hydroxyl groups is 1. The SMILES string of the molecule is Cc1ccsc1C1C(c2ccccn2)NC(=S)N1c1cc(Cl)ccc1O. The molecule has 7 heteroatoms. The largest absolute Gasteiger partial charge is 0.506 e. The fourth-order valence-corrected chi connectivity index (χ4v) is 4.82. The van der Waals surface area contributed by atoms with E-state index in [1.54, 1.807) is 35.7 Å². The van der Waals surface area contributed by atoms with Gasteiger partial charge in [0.1, 0.15) is 5.75 Å². The van der Waals surface area contributed by atoms with Gasteiger partial charge < -0.3 is 15.3 Å². The Labute approximate surface area is 166 Å². The summed E-state index contributed by atoms with van der Waals surface area (Å²) in [4.78, 5) is 7.63. The Kier molecular flexibility index (Phi) is 4.56. The molecule has 1 aliphatic heterocycles. The van der Waals surface area contributed by atoms with Crippen LogP contribution in [0.3, 0.4) is 0 Å². The summed E-state index contributed by atoms with van der Waals surface area (Å²) in [5.74, 6) is 0.138. The Balaban J connectivity index is 1.88. The number of hydrogen-bond donors (Lipinski definition) is 2. The van der Waals surface area contributed by atoms with Crippen molar-refractivity contribution in [1.29, 1.82) is 0 Å². The van der Waals surface area contributed by atoms with E-state index < -0.39 is 0 Å². The first-order chi connectivity index (χ1) is 12.6. The van der Waals surface area contributed by atoms with E-state index in [4.69, 9.17) is 23.8 Å². The van der Waals surface area contributed by atoms with Crippen LogP contribution in [0.1, 0.15) is 28.2 Å². The van der Waals surface area contributed by atoms with Gasteiger partial charge >= 0.3 is 0 Å². The molecule has 1 aliphatic rings. The van der Waals surface area contributed by atoms with Crippen LogP contribution >= 0.6 is 35.2 Å². The Morgan fingerprint density at radius 2 is 2.12 bits per heavy atom. The number of phenolic OH excluding ortho intramolecular Hbond substituents is 1. The summed E-state index contributed by atoms with van der Waals surface area (Å²) >= 11 is 13.5. The first-order valence-electron chi connectivity index (χ1n) is 8.09. The normalized spacial score (nSPS) is 19.6. The van der Waals surface area contributed by atoms with Crippen molar-refractivity contribution in [3.63, 3.8) is 0 Å². The lowest BCUT2D eigenvalue weighted by molar-refractivity contribution is 0.473. The van der Waals surface area contributed by atoms with Gasteiger partial charge in [0.25, 0.3) is 0 Å². The maximum absolute atomic E-state index is 10.5. The third-order valence-electron chi connectivity index (χ3n) is 4.47. The van der Waals surface area contributed by atoms with E-state index in [9.17, 15) is 5.11 Å². The van der Waals surface area contributed by atoms with Crippen LogP contribution in [0, 0.1) is 6.92 Å². The summed E-state index contributed by atoms with van der Waals surface area (Å²) in [5, 5.41) is 17.0. The number of anilines is 1. The molecule has 0 spiro atoms. The number of thiocarbonyl (C=S) groups is 1. The number of benzene rings is 1. The van der Waals surface area contributed by atoms with E-state index in [1.807, 2.05) is 23.1 Å². The molecule has 2 aromatic heterocycles. The van der Waals surface area contributed by atoms with Gasteiger partial charge in [-0.15, -0.1) is 11.3 Å². The van der Waals surface area contributed by atoms with E-state index in [0.29, 0.717) is 15.8 Å². The number of halogens is 1. The Morgan fingerprint density at radius 1 is 1.27 bits per heavy atom. The molecule has 26 heavy (non-hydrogen) atoms. The number of aryl methyl sites for hydroxylation is 1. The lowest BCUT2D eigenvalue weighted by Crippen LogP contribution is -2.29. The van der Waals surface area contributed by atoms with Crippen molar-refractivity contribution in [2.24, 2.45) is 0 Å². The van der Waals surface area contributed by atoms with Crippen molar-refractivity contribution in [2.45, 2.75) is 19.0 Å². The zero-order valence-corrected chi connectivity index (χ0v) is 16.3. The van der Waals surface area contributed by atoms with Gasteiger partial charge in [0.2, 0.25) is 0 Å². The van der Waals surface area contributed by atoms with Gasteiger partial charge in [-0.2, -0.15) is 0 Å². The van der Waals surface area contributed by atoms with E-state index in [2.05, 4.69) is 28.7 Å². The first kappa shape index (κ1) is 17.3. The van der Waals surface area contributed by atoms with Crippen LogP contribution in [0.4, 0.5) is 5.69 Å². The number of nitrogens with zero attached hydrogens (tertiary/aromatic N) is 2. The second kappa shape index (κ2) is 6.87. The molecule has 0 saturated carbocycles. The number of pyridine rings is 1. The third kappa shape index (κ3) is 2.94. The molecular formula is C19H16ClN3OS2. The summed E-state index contributed by atoms with van der Waals surface area (Å²) in [5.41, 5.74) is 2.67. The predicted octanol–water partition coefficient (Wildman–Crippen LogP) is 4.99. The Morgan fingerprint density at radius 3 is 2.81 bits per heavy atom. The summed E-state index contributed by atoms with van der Waals surface area (Å²) in [6, 6.07) is 12.7. The minimum Gasteiger partial charge on any atom is -0.506 e. The van der Waals surface area contributed by atoms with Crippen molar-refractivity contribution in [2.75, 3.05) is 4.90 Å². The second-order valence-electron chi connectivity index (χ2n) is 6.10.